The van der Waals surface area contributed by atoms with Crippen LogP contribution in [0.2, 0.25) is 13.1 Å². The average Bonchev–Trinajstić information content (AvgIpc) is 3.56. The maximum absolute atomic E-state index is 2.61. The molecule has 2 unspecified atom stereocenters. The standard InChI is InChI=1S/2C20H15.C2H6Si.2ClH.Ti/c2*1-14-11-17-7-4-8-19(20(17)12-14)18-10-9-15-5-2-3-6-16(15)13-18;1-3-2;;;/h2*2-13H,1H3;1-2H3;2*1H;/q;;;;;+2/p-2. The van der Waals surface area contributed by atoms with Gasteiger partial charge in [-0.25, -0.2) is 0 Å². The normalized spacial score (nSPS) is 16.0. The molecule has 0 heterocycles. The first-order valence-electron chi connectivity index (χ1n) is 15.8. The van der Waals surface area contributed by atoms with Crippen LogP contribution in [0.5, 0.6) is 0 Å². The van der Waals surface area contributed by atoms with E-state index in [4.69, 9.17) is 0 Å². The minimum absolute atomic E-state index is 0. The van der Waals surface area contributed by atoms with Gasteiger partial charge in [-0.1, -0.05) is 0 Å². The van der Waals surface area contributed by atoms with E-state index in [0.29, 0.717) is 8.45 Å². The van der Waals surface area contributed by atoms with Crippen LogP contribution in [0.1, 0.15) is 44.5 Å². The number of rotatable bonds is 4. The number of hydrogen-bond donors (Lipinski definition) is 0. The number of hydrogen-bond acceptors (Lipinski definition) is 0. The molecule has 2 atom stereocenters. The SMILES string of the molecule is CC1=Cc2c(-c3ccc4ccccc4c3)cccc2[CH]1[Ti+2]([CH]1C(C)=Cc2c(-c3ccc4ccccc4c3)cccc21)=[Si](C)C.[Cl-].[Cl-]. The van der Waals surface area contributed by atoms with Crippen LogP contribution in [-0.2, 0) is 16.6 Å². The molecule has 6 aromatic rings. The molecule has 226 valence electrons. The predicted molar refractivity (Wildman–Crippen MR) is 189 cm³/mol. The van der Waals surface area contributed by atoms with Crippen LogP contribution in [0, 0.1) is 0 Å². The number of halogens is 2. The van der Waals surface area contributed by atoms with Crippen LogP contribution in [0.4, 0.5) is 0 Å². The van der Waals surface area contributed by atoms with Crippen molar-refractivity contribution in [3.8, 4) is 22.3 Å². The maximum Gasteiger partial charge on any atom is -1.00 e. The molecular weight excluding hydrogens is 651 g/mol. The molecule has 46 heavy (non-hydrogen) atoms. The van der Waals surface area contributed by atoms with Gasteiger partial charge >= 0.3 is 269 Å². The van der Waals surface area contributed by atoms with Gasteiger partial charge in [-0.2, -0.15) is 0 Å². The minimum atomic E-state index is -1.73. The smallest absolute Gasteiger partial charge is 1.00 e. The fraction of sp³-hybridized carbons (Fsp3) is 0.143. The second kappa shape index (κ2) is 13.1. The molecule has 2 aliphatic carbocycles. The molecule has 0 nitrogen and oxygen atoms in total. The number of benzene rings is 6. The fourth-order valence-corrected chi connectivity index (χ4v) is 21.8. The zero-order valence-electron chi connectivity index (χ0n) is 26.6. The Morgan fingerprint density at radius 3 is 1.30 bits per heavy atom. The van der Waals surface area contributed by atoms with Crippen LogP contribution in [0.25, 0.3) is 56.0 Å². The van der Waals surface area contributed by atoms with Crippen LogP contribution >= 0.6 is 0 Å². The molecule has 0 radical (unpaired) electrons. The van der Waals surface area contributed by atoms with Gasteiger partial charge < -0.3 is 24.8 Å². The molecular formula is C42H36Cl2SiTi. The zero-order chi connectivity index (χ0) is 29.9. The van der Waals surface area contributed by atoms with Crippen LogP contribution in [0.3, 0.4) is 0 Å². The van der Waals surface area contributed by atoms with Crippen LogP contribution < -0.4 is 24.8 Å². The van der Waals surface area contributed by atoms with Crippen LogP contribution in [0.15, 0.2) is 132 Å². The van der Waals surface area contributed by atoms with Gasteiger partial charge in [0.15, 0.2) is 0 Å². The van der Waals surface area contributed by atoms with Crippen molar-refractivity contribution < 1.29 is 41.4 Å². The molecule has 0 saturated carbocycles. The summed E-state index contributed by atoms with van der Waals surface area (Å²) in [5.74, 6) is 0. The molecule has 4 heteroatoms. The predicted octanol–water partition coefficient (Wildman–Crippen LogP) is 5.82. The Morgan fingerprint density at radius 2 is 0.891 bits per heavy atom. The summed E-state index contributed by atoms with van der Waals surface area (Å²) in [5.41, 5.74) is 14.7. The molecule has 0 spiro atoms. The maximum atomic E-state index is 2.61. The van der Waals surface area contributed by atoms with E-state index in [1.165, 1.54) is 54.9 Å². The average molecular weight is 688 g/mol. The van der Waals surface area contributed by atoms with Gasteiger partial charge in [0, 0.05) is 0 Å². The van der Waals surface area contributed by atoms with E-state index in [1.54, 1.807) is 22.3 Å². The summed E-state index contributed by atoms with van der Waals surface area (Å²) in [4.78, 5) is 0. The summed E-state index contributed by atoms with van der Waals surface area (Å²) >= 11 is -1.73. The van der Waals surface area contributed by atoms with Crippen molar-refractivity contribution in [1.29, 1.82) is 0 Å². The zero-order valence-corrected chi connectivity index (χ0v) is 30.7. The van der Waals surface area contributed by atoms with Gasteiger partial charge in [-0.3, -0.25) is 0 Å². The van der Waals surface area contributed by atoms with Crippen molar-refractivity contribution in [2.75, 3.05) is 0 Å². The Kier molecular flexibility index (Phi) is 9.36. The van der Waals surface area contributed by atoms with Crippen molar-refractivity contribution in [2.45, 2.75) is 35.4 Å². The molecule has 0 amide bonds. The summed E-state index contributed by atoms with van der Waals surface area (Å²) in [6.07, 6.45) is 4.58. The van der Waals surface area contributed by atoms with Gasteiger partial charge in [0.2, 0.25) is 0 Å². The first kappa shape index (κ1) is 32.8. The van der Waals surface area contributed by atoms with E-state index < -0.39 is 22.8 Å². The molecule has 0 N–H and O–H groups in total. The Balaban J connectivity index is 0.00000186. The molecule has 2 aliphatic rings. The minimum Gasteiger partial charge on any atom is -1.00 e. The first-order chi connectivity index (χ1) is 21.5. The second-order valence-corrected chi connectivity index (χ2v) is 25.1. The third kappa shape index (κ3) is 5.47. The summed E-state index contributed by atoms with van der Waals surface area (Å²) < 4.78 is 1.19. The molecule has 0 aliphatic heterocycles. The van der Waals surface area contributed by atoms with E-state index >= 15 is 0 Å². The fourth-order valence-electron chi connectivity index (χ4n) is 7.89. The second-order valence-electron chi connectivity index (χ2n) is 12.8. The van der Waals surface area contributed by atoms with Crippen molar-refractivity contribution >= 4 is 39.9 Å². The molecule has 6 aromatic carbocycles. The third-order valence-corrected chi connectivity index (χ3v) is 23.2. The van der Waals surface area contributed by atoms with Gasteiger partial charge in [0.25, 0.3) is 0 Å². The number of fused-ring (bicyclic) bond motifs is 4. The van der Waals surface area contributed by atoms with E-state index in [9.17, 15) is 0 Å². The molecule has 0 aromatic heterocycles. The number of allylic oxidation sites excluding steroid dienone is 2. The first-order valence-corrected chi connectivity index (χ1v) is 22.4. The Labute approximate surface area is 291 Å². The molecule has 0 bridgehead atoms. The summed E-state index contributed by atoms with van der Waals surface area (Å²) in [6.45, 7) is 10.1. The molecule has 8 rings (SSSR count). The Hall–Kier alpha value is -3.17. The van der Waals surface area contributed by atoms with Crippen molar-refractivity contribution in [3.63, 3.8) is 0 Å². The summed E-state index contributed by atoms with van der Waals surface area (Å²) in [6, 6.07) is 45.6. The Bertz CT molecular complexity index is 2090. The van der Waals surface area contributed by atoms with E-state index in [-0.39, 0.29) is 24.8 Å². The third-order valence-electron chi connectivity index (χ3n) is 9.88. The van der Waals surface area contributed by atoms with Gasteiger partial charge in [0.1, 0.15) is 0 Å². The largest absolute Gasteiger partial charge is 1.00 e. The van der Waals surface area contributed by atoms with E-state index in [0.717, 1.165) is 0 Å². The molecule has 0 saturated heterocycles. The Morgan fingerprint density at radius 1 is 0.478 bits per heavy atom. The van der Waals surface area contributed by atoms with Crippen molar-refractivity contribution in [1.82, 2.24) is 0 Å². The van der Waals surface area contributed by atoms with Gasteiger partial charge in [-0.05, 0) is 0 Å². The monoisotopic (exact) mass is 686 g/mol. The summed E-state index contributed by atoms with van der Waals surface area (Å²) in [7, 11) is 0. The molecule has 0 fully saturated rings. The van der Waals surface area contributed by atoms with Crippen LogP contribution in [-0.4, -0.2) is 6.19 Å². The van der Waals surface area contributed by atoms with Crippen molar-refractivity contribution in [3.05, 3.63) is 155 Å². The van der Waals surface area contributed by atoms with Gasteiger partial charge in [0.05, 0.1) is 0 Å². The van der Waals surface area contributed by atoms with E-state index in [2.05, 4.69) is 160 Å². The topological polar surface area (TPSA) is 0 Å². The van der Waals surface area contributed by atoms with Gasteiger partial charge in [-0.15, -0.1) is 0 Å². The summed E-state index contributed by atoms with van der Waals surface area (Å²) in [5, 5.41) is 5.23. The van der Waals surface area contributed by atoms with E-state index in [1.807, 2.05) is 0 Å². The quantitative estimate of drug-likeness (QED) is 0.205. The van der Waals surface area contributed by atoms with Crippen molar-refractivity contribution in [2.24, 2.45) is 0 Å².